The molecule has 0 aliphatic carbocycles. The molecule has 120 valence electrons. The van der Waals surface area contributed by atoms with Crippen LogP contribution in [0.5, 0.6) is 0 Å². The lowest BCUT2D eigenvalue weighted by Crippen LogP contribution is -3.12. The maximum absolute atomic E-state index is 12.1. The highest BCUT2D eigenvalue weighted by atomic mass is 19.4. The molecule has 1 aliphatic heterocycles. The summed E-state index contributed by atoms with van der Waals surface area (Å²) < 4.78 is 36.2. The fraction of sp³-hybridized carbons (Fsp3) is 0.500. The van der Waals surface area contributed by atoms with Gasteiger partial charge in [0.25, 0.3) is 0 Å². The van der Waals surface area contributed by atoms with Crippen LogP contribution in [0.1, 0.15) is 24.8 Å². The van der Waals surface area contributed by atoms with Crippen LogP contribution in [0.25, 0.3) is 0 Å². The van der Waals surface area contributed by atoms with Gasteiger partial charge in [-0.15, -0.1) is 0 Å². The summed E-state index contributed by atoms with van der Waals surface area (Å²) in [6.45, 7) is 2.86. The molecule has 1 saturated heterocycles. The smallest absolute Gasteiger partial charge is 0.331 e. The summed E-state index contributed by atoms with van der Waals surface area (Å²) in [5.41, 5.74) is 1.29. The van der Waals surface area contributed by atoms with Gasteiger partial charge in [0.05, 0.1) is 25.6 Å². The minimum absolute atomic E-state index is 0.0422. The number of ketones is 1. The van der Waals surface area contributed by atoms with Crippen LogP contribution in [-0.4, -0.2) is 37.3 Å². The van der Waals surface area contributed by atoms with Crippen molar-refractivity contribution in [2.75, 3.05) is 13.1 Å². The molecule has 1 fully saturated rings. The third-order valence-electron chi connectivity index (χ3n) is 3.87. The number of nitrogens with one attached hydrogen (secondary N) is 1. The predicted molar refractivity (Wildman–Crippen MR) is 78.0 cm³/mol. The molecule has 1 N–H and O–H groups in total. The van der Waals surface area contributed by atoms with Gasteiger partial charge in [-0.05, 0) is 0 Å². The zero-order chi connectivity index (χ0) is 16.0. The number of rotatable bonds is 5. The van der Waals surface area contributed by atoms with E-state index in [2.05, 4.69) is 17.1 Å². The first-order valence-corrected chi connectivity index (χ1v) is 7.44. The van der Waals surface area contributed by atoms with Crippen molar-refractivity contribution in [2.45, 2.75) is 38.0 Å². The zero-order valence-electron chi connectivity index (χ0n) is 12.3. The van der Waals surface area contributed by atoms with Gasteiger partial charge in [0.2, 0.25) is 5.78 Å². The van der Waals surface area contributed by atoms with Gasteiger partial charge < -0.3 is 4.90 Å². The average molecular weight is 313 g/mol. The number of likely N-dealkylation sites (tertiary alicyclic amines) is 1. The molecule has 0 bridgehead atoms. The lowest BCUT2D eigenvalue weighted by Gasteiger charge is -2.27. The molecule has 3 nitrogen and oxygen atoms in total. The van der Waals surface area contributed by atoms with Gasteiger partial charge in [0.15, 0.2) is 0 Å². The molecular weight excluding hydrogens is 293 g/mol. The number of hydrogen-bond donors (Lipinski definition) is 1. The van der Waals surface area contributed by atoms with E-state index in [0.29, 0.717) is 0 Å². The number of alkyl halides is 3. The monoisotopic (exact) mass is 313 g/mol. The Balaban J connectivity index is 1.72. The largest absolute Gasteiger partial charge is 0.450 e. The topological polar surface area (TPSA) is 33.9 Å². The van der Waals surface area contributed by atoms with Crippen molar-refractivity contribution in [3.05, 3.63) is 35.9 Å². The number of hydrogen-bond acceptors (Lipinski definition) is 2. The molecule has 0 spiro atoms. The number of piperidine rings is 1. The minimum Gasteiger partial charge on any atom is -0.331 e. The third-order valence-corrected chi connectivity index (χ3v) is 3.87. The van der Waals surface area contributed by atoms with Crippen LogP contribution in [0.2, 0.25) is 0 Å². The molecule has 0 saturated carbocycles. The molecule has 1 aromatic rings. The van der Waals surface area contributed by atoms with E-state index >= 15 is 0 Å². The summed E-state index contributed by atoms with van der Waals surface area (Å²) >= 11 is 0. The van der Waals surface area contributed by atoms with Crippen LogP contribution in [0, 0.1) is 0 Å². The standard InChI is InChI=1S/C16H19F3N2O/c17-16(18,19)15(22)6-9-20-14-7-10-21(11-8-14)12-13-4-2-1-3-5-13/h1-5,9,14H,6-8,10-12H2/p+1. The number of carbonyl (C=O) groups excluding carboxylic acids is 1. The van der Waals surface area contributed by atoms with E-state index in [9.17, 15) is 18.0 Å². The van der Waals surface area contributed by atoms with E-state index in [1.54, 1.807) is 0 Å². The number of benzene rings is 1. The summed E-state index contributed by atoms with van der Waals surface area (Å²) in [6.07, 6.45) is -2.59. The molecule has 22 heavy (non-hydrogen) atoms. The summed E-state index contributed by atoms with van der Waals surface area (Å²) in [5.74, 6) is -1.73. The van der Waals surface area contributed by atoms with Gasteiger partial charge in [0.1, 0.15) is 6.54 Å². The number of quaternary nitrogens is 1. The van der Waals surface area contributed by atoms with Gasteiger partial charge >= 0.3 is 6.18 Å². The Morgan fingerprint density at radius 1 is 1.23 bits per heavy atom. The van der Waals surface area contributed by atoms with Crippen LogP contribution in [0.15, 0.2) is 35.3 Å². The molecule has 1 heterocycles. The highest BCUT2D eigenvalue weighted by molar-refractivity contribution is 5.95. The van der Waals surface area contributed by atoms with Gasteiger partial charge in [-0.1, -0.05) is 30.3 Å². The van der Waals surface area contributed by atoms with Crippen LogP contribution in [-0.2, 0) is 11.3 Å². The lowest BCUT2D eigenvalue weighted by atomic mass is 10.0. The van der Waals surface area contributed by atoms with Gasteiger partial charge in [-0.3, -0.25) is 9.79 Å². The van der Waals surface area contributed by atoms with E-state index in [1.807, 2.05) is 18.2 Å². The molecule has 6 heteroatoms. The van der Waals surface area contributed by atoms with Crippen molar-refractivity contribution in [3.63, 3.8) is 0 Å². The van der Waals surface area contributed by atoms with Crippen molar-refractivity contribution >= 4 is 12.0 Å². The maximum Gasteiger partial charge on any atom is 0.450 e. The zero-order valence-corrected chi connectivity index (χ0v) is 12.3. The van der Waals surface area contributed by atoms with Crippen molar-refractivity contribution in [1.29, 1.82) is 0 Å². The predicted octanol–water partition coefficient (Wildman–Crippen LogP) is 1.83. The van der Waals surface area contributed by atoms with Crippen molar-refractivity contribution in [1.82, 2.24) is 0 Å². The second-order valence-corrected chi connectivity index (χ2v) is 5.60. The average Bonchev–Trinajstić information content (AvgIpc) is 2.49. The SMILES string of the molecule is O=C(CC=NC1CC[NH+](Cc2ccccc2)CC1)C(F)(F)F. The van der Waals surface area contributed by atoms with Crippen LogP contribution < -0.4 is 4.90 Å². The Bertz CT molecular complexity index is 506. The van der Waals surface area contributed by atoms with Crippen LogP contribution in [0.4, 0.5) is 13.2 Å². The van der Waals surface area contributed by atoms with E-state index in [-0.39, 0.29) is 6.04 Å². The first-order valence-electron chi connectivity index (χ1n) is 7.44. The Labute approximate surface area is 127 Å². The highest BCUT2D eigenvalue weighted by Gasteiger charge is 2.37. The fourth-order valence-electron chi connectivity index (χ4n) is 2.62. The molecule has 1 aromatic carbocycles. The second kappa shape index (κ2) is 7.54. The summed E-state index contributed by atoms with van der Waals surface area (Å²) in [5, 5.41) is 0. The van der Waals surface area contributed by atoms with Crippen molar-refractivity contribution in [3.8, 4) is 0 Å². The van der Waals surface area contributed by atoms with E-state index < -0.39 is 18.4 Å². The molecule has 2 rings (SSSR count). The molecule has 0 radical (unpaired) electrons. The normalized spacial score (nSPS) is 22.9. The fourth-order valence-corrected chi connectivity index (χ4v) is 2.62. The van der Waals surface area contributed by atoms with Gasteiger partial charge in [0, 0.05) is 24.6 Å². The molecule has 0 atom stereocenters. The summed E-state index contributed by atoms with van der Waals surface area (Å²) in [4.78, 5) is 16.3. The minimum atomic E-state index is -4.75. The van der Waals surface area contributed by atoms with E-state index in [4.69, 9.17) is 0 Å². The Kier molecular flexibility index (Phi) is 5.71. The number of Topliss-reactive ketones (excluding diaryl/α,β-unsaturated/α-hetero) is 1. The Hall–Kier alpha value is -1.69. The van der Waals surface area contributed by atoms with Crippen molar-refractivity contribution in [2.24, 2.45) is 4.99 Å². The molecule has 0 unspecified atom stereocenters. The summed E-state index contributed by atoms with van der Waals surface area (Å²) in [7, 11) is 0. The molecule has 0 amide bonds. The molecule has 1 aliphatic rings. The Morgan fingerprint density at radius 3 is 2.45 bits per heavy atom. The van der Waals surface area contributed by atoms with Gasteiger partial charge in [-0.25, -0.2) is 0 Å². The summed E-state index contributed by atoms with van der Waals surface area (Å²) in [6, 6.07) is 10.3. The first kappa shape index (κ1) is 16.7. The Morgan fingerprint density at radius 2 is 1.86 bits per heavy atom. The number of aliphatic imine (C=N–C) groups is 1. The first-order chi connectivity index (χ1) is 10.4. The van der Waals surface area contributed by atoms with Crippen molar-refractivity contribution < 1.29 is 22.9 Å². The van der Waals surface area contributed by atoms with Crippen LogP contribution >= 0.6 is 0 Å². The number of halogens is 3. The van der Waals surface area contributed by atoms with E-state index in [1.165, 1.54) is 10.5 Å². The quantitative estimate of drug-likeness (QED) is 0.827. The van der Waals surface area contributed by atoms with Gasteiger partial charge in [-0.2, -0.15) is 13.2 Å². The number of nitrogens with zero attached hydrogens (tertiary/aromatic N) is 1. The lowest BCUT2D eigenvalue weighted by molar-refractivity contribution is -0.918. The van der Waals surface area contributed by atoms with Crippen LogP contribution in [0.3, 0.4) is 0 Å². The van der Waals surface area contributed by atoms with E-state index in [0.717, 1.165) is 38.7 Å². The molecular formula is C16H20F3N2O+. The molecule has 0 aromatic heterocycles. The second-order valence-electron chi connectivity index (χ2n) is 5.60. The number of carbonyl (C=O) groups is 1. The highest BCUT2D eigenvalue weighted by Crippen LogP contribution is 2.17. The third kappa shape index (κ3) is 5.26. The maximum atomic E-state index is 12.1.